The van der Waals surface area contributed by atoms with Gasteiger partial charge in [-0.05, 0) is 43.7 Å². The zero-order valence-corrected chi connectivity index (χ0v) is 9.28. The van der Waals surface area contributed by atoms with Crippen LogP contribution in [0, 0.1) is 5.92 Å². The molecule has 1 heterocycles. The Morgan fingerprint density at radius 3 is 3.07 bits per heavy atom. The minimum absolute atomic E-state index is 0.308. The second-order valence-electron chi connectivity index (χ2n) is 4.54. The summed E-state index contributed by atoms with van der Waals surface area (Å²) >= 11 is 0. The van der Waals surface area contributed by atoms with E-state index < -0.39 is 0 Å². The Morgan fingerprint density at radius 1 is 1.47 bits per heavy atom. The molecule has 2 nitrogen and oxygen atoms in total. The molecule has 82 valence electrons. The summed E-state index contributed by atoms with van der Waals surface area (Å²) in [6.45, 7) is 2.92. The van der Waals surface area contributed by atoms with Gasteiger partial charge in [0, 0.05) is 6.04 Å². The van der Waals surface area contributed by atoms with Gasteiger partial charge < -0.3 is 10.5 Å². The maximum absolute atomic E-state index is 5.76. The van der Waals surface area contributed by atoms with Gasteiger partial charge in [0.25, 0.3) is 0 Å². The van der Waals surface area contributed by atoms with Gasteiger partial charge in [0.15, 0.2) is 0 Å². The minimum Gasteiger partial charge on any atom is -0.493 e. The second-order valence-corrected chi connectivity index (χ2v) is 4.54. The molecule has 0 saturated heterocycles. The molecule has 2 atom stereocenters. The first-order chi connectivity index (χ1) is 7.25. The van der Waals surface area contributed by atoms with Gasteiger partial charge >= 0.3 is 0 Å². The Balaban J connectivity index is 1.94. The molecule has 1 aromatic carbocycles. The third kappa shape index (κ3) is 2.72. The van der Waals surface area contributed by atoms with Crippen molar-refractivity contribution in [3.05, 3.63) is 29.8 Å². The first kappa shape index (κ1) is 10.5. The molecule has 0 saturated carbocycles. The van der Waals surface area contributed by atoms with E-state index in [-0.39, 0.29) is 0 Å². The fourth-order valence-corrected chi connectivity index (χ4v) is 2.07. The number of hydrogen-bond donors (Lipinski definition) is 1. The minimum atomic E-state index is 0.308. The standard InChI is InChI=1S/C13H19NO/c1-10(14)6-7-11-8-12-4-2-3-5-13(12)15-9-11/h2-5,10-11H,6-9,14H2,1H3/t10-,11?/m0/s1. The van der Waals surface area contributed by atoms with Crippen LogP contribution in [0.4, 0.5) is 0 Å². The smallest absolute Gasteiger partial charge is 0.122 e. The fourth-order valence-electron chi connectivity index (χ4n) is 2.07. The van der Waals surface area contributed by atoms with Crippen LogP contribution in [0.5, 0.6) is 5.75 Å². The molecule has 2 N–H and O–H groups in total. The molecule has 1 aliphatic heterocycles. The van der Waals surface area contributed by atoms with Crippen molar-refractivity contribution in [2.45, 2.75) is 32.2 Å². The van der Waals surface area contributed by atoms with Gasteiger partial charge in [-0.2, -0.15) is 0 Å². The third-order valence-electron chi connectivity index (χ3n) is 2.99. The first-order valence-corrected chi connectivity index (χ1v) is 5.72. The van der Waals surface area contributed by atoms with Crippen molar-refractivity contribution in [3.8, 4) is 5.75 Å². The number of ether oxygens (including phenoxy) is 1. The Labute approximate surface area is 91.4 Å². The van der Waals surface area contributed by atoms with E-state index >= 15 is 0 Å². The van der Waals surface area contributed by atoms with Gasteiger partial charge in [0.2, 0.25) is 0 Å². The van der Waals surface area contributed by atoms with E-state index in [1.165, 1.54) is 12.0 Å². The highest BCUT2D eigenvalue weighted by atomic mass is 16.5. The number of nitrogens with two attached hydrogens (primary N) is 1. The first-order valence-electron chi connectivity index (χ1n) is 5.72. The molecule has 0 aliphatic carbocycles. The Bertz CT molecular complexity index is 322. The maximum atomic E-state index is 5.76. The van der Waals surface area contributed by atoms with Crippen molar-refractivity contribution in [1.82, 2.24) is 0 Å². The summed E-state index contributed by atoms with van der Waals surface area (Å²) in [4.78, 5) is 0. The Kier molecular flexibility index (Phi) is 3.27. The highest BCUT2D eigenvalue weighted by Gasteiger charge is 2.19. The molecule has 0 fully saturated rings. The molecule has 2 heteroatoms. The summed E-state index contributed by atoms with van der Waals surface area (Å²) in [6, 6.07) is 8.63. The van der Waals surface area contributed by atoms with Crippen molar-refractivity contribution in [1.29, 1.82) is 0 Å². The molecule has 0 aromatic heterocycles. The zero-order valence-electron chi connectivity index (χ0n) is 9.28. The predicted octanol–water partition coefficient (Wildman–Crippen LogP) is 2.37. The van der Waals surface area contributed by atoms with E-state index in [0.717, 1.165) is 25.2 Å². The third-order valence-corrected chi connectivity index (χ3v) is 2.99. The Morgan fingerprint density at radius 2 is 2.27 bits per heavy atom. The monoisotopic (exact) mass is 205 g/mol. The van der Waals surface area contributed by atoms with Gasteiger partial charge in [-0.25, -0.2) is 0 Å². The van der Waals surface area contributed by atoms with Gasteiger partial charge in [-0.15, -0.1) is 0 Å². The Hall–Kier alpha value is -1.02. The quantitative estimate of drug-likeness (QED) is 0.822. The summed E-state index contributed by atoms with van der Waals surface area (Å²) in [7, 11) is 0. The summed E-state index contributed by atoms with van der Waals surface area (Å²) in [5, 5.41) is 0. The highest BCUT2D eigenvalue weighted by Crippen LogP contribution is 2.28. The SMILES string of the molecule is C[C@H](N)CCC1COc2ccccc2C1. The molecule has 2 rings (SSSR count). The van der Waals surface area contributed by atoms with E-state index in [9.17, 15) is 0 Å². The molecule has 0 amide bonds. The summed E-state index contributed by atoms with van der Waals surface area (Å²) in [5.41, 5.74) is 7.11. The number of hydrogen-bond acceptors (Lipinski definition) is 2. The van der Waals surface area contributed by atoms with Crippen molar-refractivity contribution in [2.75, 3.05) is 6.61 Å². The van der Waals surface area contributed by atoms with Crippen molar-refractivity contribution >= 4 is 0 Å². The fraction of sp³-hybridized carbons (Fsp3) is 0.538. The molecule has 1 aliphatic rings. The van der Waals surface area contributed by atoms with E-state index in [2.05, 4.69) is 25.1 Å². The van der Waals surface area contributed by atoms with Crippen LogP contribution in [0.3, 0.4) is 0 Å². The van der Waals surface area contributed by atoms with Gasteiger partial charge in [0.05, 0.1) is 6.61 Å². The summed E-state index contributed by atoms with van der Waals surface area (Å²) < 4.78 is 5.73. The van der Waals surface area contributed by atoms with Gasteiger partial charge in [-0.3, -0.25) is 0 Å². The summed E-state index contributed by atoms with van der Waals surface area (Å²) in [6.07, 6.45) is 3.41. The molecule has 1 unspecified atom stereocenters. The van der Waals surface area contributed by atoms with Crippen LogP contribution in [-0.2, 0) is 6.42 Å². The van der Waals surface area contributed by atoms with E-state index in [4.69, 9.17) is 10.5 Å². The van der Waals surface area contributed by atoms with E-state index in [1.807, 2.05) is 6.07 Å². The van der Waals surface area contributed by atoms with Crippen LogP contribution in [0.25, 0.3) is 0 Å². The van der Waals surface area contributed by atoms with Crippen molar-refractivity contribution in [2.24, 2.45) is 11.7 Å². The van der Waals surface area contributed by atoms with Crippen LogP contribution < -0.4 is 10.5 Å². The van der Waals surface area contributed by atoms with Crippen molar-refractivity contribution in [3.63, 3.8) is 0 Å². The molecule has 0 radical (unpaired) electrons. The topological polar surface area (TPSA) is 35.2 Å². The lowest BCUT2D eigenvalue weighted by atomic mass is 9.92. The number of rotatable bonds is 3. The van der Waals surface area contributed by atoms with Gasteiger partial charge in [-0.1, -0.05) is 18.2 Å². The maximum Gasteiger partial charge on any atom is 0.122 e. The second kappa shape index (κ2) is 4.67. The summed E-state index contributed by atoms with van der Waals surface area (Å²) in [5.74, 6) is 1.71. The van der Waals surface area contributed by atoms with Crippen LogP contribution in [0.1, 0.15) is 25.3 Å². The lowest BCUT2D eigenvalue weighted by Crippen LogP contribution is -2.23. The van der Waals surface area contributed by atoms with E-state index in [0.29, 0.717) is 12.0 Å². The van der Waals surface area contributed by atoms with Crippen LogP contribution in [0.15, 0.2) is 24.3 Å². The number of fused-ring (bicyclic) bond motifs is 1. The molecular formula is C13H19NO. The molecular weight excluding hydrogens is 186 g/mol. The molecule has 0 bridgehead atoms. The zero-order chi connectivity index (χ0) is 10.7. The highest BCUT2D eigenvalue weighted by molar-refractivity contribution is 5.34. The normalized spacial score (nSPS) is 21.6. The largest absolute Gasteiger partial charge is 0.493 e. The van der Waals surface area contributed by atoms with Crippen LogP contribution in [0.2, 0.25) is 0 Å². The number of benzene rings is 1. The predicted molar refractivity (Wildman–Crippen MR) is 62.0 cm³/mol. The average molecular weight is 205 g/mol. The molecule has 0 spiro atoms. The average Bonchev–Trinajstić information content (AvgIpc) is 2.26. The van der Waals surface area contributed by atoms with Crippen molar-refractivity contribution < 1.29 is 4.74 Å². The molecule has 1 aromatic rings. The van der Waals surface area contributed by atoms with Gasteiger partial charge in [0.1, 0.15) is 5.75 Å². The number of para-hydroxylation sites is 1. The lowest BCUT2D eigenvalue weighted by molar-refractivity contribution is 0.210. The van der Waals surface area contributed by atoms with Crippen LogP contribution >= 0.6 is 0 Å². The van der Waals surface area contributed by atoms with Crippen LogP contribution in [-0.4, -0.2) is 12.6 Å². The molecule has 15 heavy (non-hydrogen) atoms. The van der Waals surface area contributed by atoms with E-state index in [1.54, 1.807) is 0 Å². The lowest BCUT2D eigenvalue weighted by Gasteiger charge is -2.25.